The topological polar surface area (TPSA) is 58.0 Å². The van der Waals surface area contributed by atoms with Gasteiger partial charge in [-0.1, -0.05) is 60.5 Å². The Balaban J connectivity index is 1.83. The molecular weight excluding hydrogens is 405 g/mol. The van der Waals surface area contributed by atoms with E-state index in [1.165, 1.54) is 0 Å². The summed E-state index contributed by atoms with van der Waals surface area (Å²) in [5, 5.41) is 16.6. The van der Waals surface area contributed by atoms with Crippen LogP contribution in [0, 0.1) is 0 Å². The van der Waals surface area contributed by atoms with Gasteiger partial charge >= 0.3 is 0 Å². The van der Waals surface area contributed by atoms with Crippen molar-refractivity contribution < 1.29 is 5.11 Å². The van der Waals surface area contributed by atoms with Crippen LogP contribution in [0.2, 0.25) is 10.0 Å². The Morgan fingerprint density at radius 1 is 1.03 bits per heavy atom. The van der Waals surface area contributed by atoms with Gasteiger partial charge < -0.3 is 10.4 Å². The number of nitrogens with one attached hydrogen (secondary N) is 1. The molecule has 0 aliphatic heterocycles. The average Bonchev–Trinajstić information content (AvgIpc) is 2.75. The third-order valence-corrected chi connectivity index (χ3v) is 5.49. The summed E-state index contributed by atoms with van der Waals surface area (Å²) in [6.07, 6.45) is 4.11. The van der Waals surface area contributed by atoms with Crippen LogP contribution < -0.4 is 5.32 Å². The van der Waals surface area contributed by atoms with Gasteiger partial charge in [-0.15, -0.1) is 0 Å². The van der Waals surface area contributed by atoms with E-state index in [0.717, 1.165) is 22.9 Å². The summed E-state index contributed by atoms with van der Waals surface area (Å²) >= 11 is 12.3. The second-order valence-corrected chi connectivity index (χ2v) is 7.57. The van der Waals surface area contributed by atoms with Crippen molar-refractivity contribution in [2.45, 2.75) is 19.4 Å². The number of pyridine rings is 2. The number of phenolic OH excluding ortho intramolecular Hbond substituents is 1. The summed E-state index contributed by atoms with van der Waals surface area (Å²) < 4.78 is 0. The Labute approximate surface area is 179 Å². The molecule has 2 aromatic heterocycles. The number of rotatable bonds is 5. The summed E-state index contributed by atoms with van der Waals surface area (Å²) in [7, 11) is 0. The molecule has 4 rings (SSSR count). The predicted octanol–water partition coefficient (Wildman–Crippen LogP) is 6.41. The Morgan fingerprint density at radius 2 is 1.83 bits per heavy atom. The van der Waals surface area contributed by atoms with Crippen LogP contribution in [0.5, 0.6) is 5.75 Å². The zero-order chi connectivity index (χ0) is 20.4. The number of halogens is 2. The van der Waals surface area contributed by atoms with Crippen molar-refractivity contribution in [2.75, 3.05) is 5.32 Å². The van der Waals surface area contributed by atoms with Crippen molar-refractivity contribution in [3.8, 4) is 5.75 Å². The zero-order valence-electron chi connectivity index (χ0n) is 15.7. The highest BCUT2D eigenvalue weighted by Gasteiger charge is 2.20. The van der Waals surface area contributed by atoms with Crippen molar-refractivity contribution in [2.24, 2.45) is 0 Å². The molecule has 6 heteroatoms. The molecule has 0 bridgehead atoms. The maximum Gasteiger partial charge on any atom is 0.147 e. The maximum absolute atomic E-state index is 11.0. The monoisotopic (exact) mass is 423 g/mol. The summed E-state index contributed by atoms with van der Waals surface area (Å²) in [5.74, 6) is 0.812. The van der Waals surface area contributed by atoms with E-state index in [1.807, 2.05) is 61.5 Å². The first-order valence-electron chi connectivity index (χ1n) is 9.30. The van der Waals surface area contributed by atoms with Gasteiger partial charge in [0.15, 0.2) is 0 Å². The maximum atomic E-state index is 11.0. The van der Waals surface area contributed by atoms with Gasteiger partial charge in [-0.05, 0) is 41.8 Å². The van der Waals surface area contributed by atoms with Crippen LogP contribution in [0.4, 0.5) is 5.82 Å². The lowest BCUT2D eigenvalue weighted by molar-refractivity contribution is 0.471. The van der Waals surface area contributed by atoms with Gasteiger partial charge in [0, 0.05) is 28.4 Å². The third-order valence-electron chi connectivity index (χ3n) is 4.90. The molecule has 29 heavy (non-hydrogen) atoms. The normalized spacial score (nSPS) is 12.1. The van der Waals surface area contributed by atoms with Crippen molar-refractivity contribution in [3.05, 3.63) is 93.7 Å². The van der Waals surface area contributed by atoms with E-state index in [-0.39, 0.29) is 11.8 Å². The van der Waals surface area contributed by atoms with Gasteiger partial charge in [0.1, 0.15) is 17.1 Å². The van der Waals surface area contributed by atoms with Gasteiger partial charge in [0.25, 0.3) is 0 Å². The summed E-state index contributed by atoms with van der Waals surface area (Å²) in [5.41, 5.74) is 3.20. The molecule has 0 saturated heterocycles. The molecular formula is C23H19Cl2N3O. The fraction of sp³-hybridized carbons (Fsp3) is 0.130. The number of aromatic nitrogens is 2. The van der Waals surface area contributed by atoms with E-state index in [4.69, 9.17) is 23.2 Å². The summed E-state index contributed by atoms with van der Waals surface area (Å²) in [6.45, 7) is 2.04. The molecule has 1 unspecified atom stereocenters. The smallest absolute Gasteiger partial charge is 0.147 e. The first kappa shape index (κ1) is 19.5. The standard InChI is InChI=1S/C23H19Cl2N3O/c1-2-14-12-20(27-13-19(14)25)28-21(16-5-8-17(24)9-6-16)18-10-7-15-4-3-11-26-22(15)23(18)29/h3-13,21,29H,2H2,1H3,(H,27,28). The zero-order valence-corrected chi connectivity index (χ0v) is 17.2. The minimum atomic E-state index is -0.350. The third kappa shape index (κ3) is 4.00. The highest BCUT2D eigenvalue weighted by Crippen LogP contribution is 2.36. The van der Waals surface area contributed by atoms with Crippen LogP contribution in [-0.2, 0) is 6.42 Å². The SMILES string of the molecule is CCc1cc(NC(c2ccc(Cl)cc2)c2ccc3cccnc3c2O)ncc1Cl. The molecule has 0 radical (unpaired) electrons. The minimum absolute atomic E-state index is 0.139. The van der Waals surface area contributed by atoms with E-state index in [0.29, 0.717) is 26.9 Å². The van der Waals surface area contributed by atoms with Crippen molar-refractivity contribution in [3.63, 3.8) is 0 Å². The highest BCUT2D eigenvalue weighted by molar-refractivity contribution is 6.31. The number of hydrogen-bond acceptors (Lipinski definition) is 4. The largest absolute Gasteiger partial charge is 0.505 e. The molecule has 2 N–H and O–H groups in total. The van der Waals surface area contributed by atoms with Crippen LogP contribution in [0.15, 0.2) is 67.0 Å². The second-order valence-electron chi connectivity index (χ2n) is 6.72. The molecule has 4 nitrogen and oxygen atoms in total. The van der Waals surface area contributed by atoms with Gasteiger partial charge in [-0.3, -0.25) is 4.98 Å². The number of fused-ring (bicyclic) bond motifs is 1. The molecule has 0 fully saturated rings. The lowest BCUT2D eigenvalue weighted by Crippen LogP contribution is -2.14. The molecule has 1 atom stereocenters. The molecule has 0 amide bonds. The van der Waals surface area contributed by atoms with Crippen LogP contribution in [0.25, 0.3) is 10.9 Å². The molecule has 146 valence electrons. The molecule has 0 spiro atoms. The predicted molar refractivity (Wildman–Crippen MR) is 119 cm³/mol. The lowest BCUT2D eigenvalue weighted by atomic mass is 9.96. The number of phenols is 1. The molecule has 0 saturated carbocycles. The van der Waals surface area contributed by atoms with Crippen LogP contribution >= 0.6 is 23.2 Å². The van der Waals surface area contributed by atoms with E-state index in [1.54, 1.807) is 12.4 Å². The molecule has 0 aliphatic rings. The van der Waals surface area contributed by atoms with Gasteiger partial charge in [-0.25, -0.2) is 4.98 Å². The number of aromatic hydroxyl groups is 1. The number of aryl methyl sites for hydroxylation is 1. The number of nitrogens with zero attached hydrogens (tertiary/aromatic N) is 2. The Bertz CT molecular complexity index is 1160. The first-order valence-corrected chi connectivity index (χ1v) is 10.1. The van der Waals surface area contributed by atoms with Gasteiger partial charge in [-0.2, -0.15) is 0 Å². The summed E-state index contributed by atoms with van der Waals surface area (Å²) in [4.78, 5) is 8.77. The van der Waals surface area contributed by atoms with E-state index < -0.39 is 0 Å². The molecule has 2 heterocycles. The van der Waals surface area contributed by atoms with E-state index >= 15 is 0 Å². The first-order chi connectivity index (χ1) is 14.1. The molecule has 2 aromatic carbocycles. The quantitative estimate of drug-likeness (QED) is 0.389. The fourth-order valence-electron chi connectivity index (χ4n) is 3.35. The number of anilines is 1. The van der Waals surface area contributed by atoms with Gasteiger partial charge in [0.05, 0.1) is 11.1 Å². The van der Waals surface area contributed by atoms with Crippen molar-refractivity contribution in [1.82, 2.24) is 9.97 Å². The van der Waals surface area contributed by atoms with E-state index in [2.05, 4.69) is 15.3 Å². The van der Waals surface area contributed by atoms with Crippen molar-refractivity contribution in [1.29, 1.82) is 0 Å². The van der Waals surface area contributed by atoms with Crippen LogP contribution in [-0.4, -0.2) is 15.1 Å². The second kappa shape index (κ2) is 8.27. The number of benzene rings is 2. The fourth-order valence-corrected chi connectivity index (χ4v) is 3.72. The molecule has 0 aliphatic carbocycles. The van der Waals surface area contributed by atoms with Crippen LogP contribution in [0.3, 0.4) is 0 Å². The number of hydrogen-bond donors (Lipinski definition) is 2. The van der Waals surface area contributed by atoms with Crippen molar-refractivity contribution >= 4 is 39.9 Å². The lowest BCUT2D eigenvalue weighted by Gasteiger charge is -2.22. The Hall–Kier alpha value is -2.82. The van der Waals surface area contributed by atoms with Crippen LogP contribution in [0.1, 0.15) is 29.7 Å². The van der Waals surface area contributed by atoms with E-state index in [9.17, 15) is 5.11 Å². The Morgan fingerprint density at radius 3 is 2.59 bits per heavy atom. The average molecular weight is 424 g/mol. The summed E-state index contributed by atoms with van der Waals surface area (Å²) in [6, 6.07) is 16.7. The minimum Gasteiger partial charge on any atom is -0.505 e. The molecule has 4 aromatic rings. The van der Waals surface area contributed by atoms with Gasteiger partial charge in [0.2, 0.25) is 0 Å². The Kier molecular flexibility index (Phi) is 5.56. The highest BCUT2D eigenvalue weighted by atomic mass is 35.5.